The van der Waals surface area contributed by atoms with E-state index in [0.717, 1.165) is 43.3 Å². The summed E-state index contributed by atoms with van der Waals surface area (Å²) in [7, 11) is 1.93. The van der Waals surface area contributed by atoms with Crippen molar-refractivity contribution in [3.05, 3.63) is 29.7 Å². The summed E-state index contributed by atoms with van der Waals surface area (Å²) >= 11 is 0. The number of nitrogens with zero attached hydrogens (tertiary/aromatic N) is 5. The van der Waals surface area contributed by atoms with Gasteiger partial charge in [0.15, 0.2) is 0 Å². The van der Waals surface area contributed by atoms with Gasteiger partial charge in [-0.05, 0) is 25.3 Å². The summed E-state index contributed by atoms with van der Waals surface area (Å²) < 4.78 is 1.83. The highest BCUT2D eigenvalue weighted by Gasteiger charge is 2.22. The highest BCUT2D eigenvalue weighted by atomic mass is 15.3. The van der Waals surface area contributed by atoms with Crippen molar-refractivity contribution >= 4 is 5.82 Å². The monoisotopic (exact) mass is 301 g/mol. The molecule has 1 atom stereocenters. The van der Waals surface area contributed by atoms with Crippen LogP contribution < -0.4 is 10.6 Å². The van der Waals surface area contributed by atoms with Crippen LogP contribution >= 0.6 is 0 Å². The Balaban J connectivity index is 1.89. The number of rotatable bonds is 5. The van der Waals surface area contributed by atoms with Crippen molar-refractivity contribution in [3.8, 4) is 0 Å². The van der Waals surface area contributed by atoms with Gasteiger partial charge in [0.05, 0.1) is 11.7 Å². The topological polar surface area (TPSA) is 80.6 Å². The van der Waals surface area contributed by atoms with Crippen LogP contribution in [0.1, 0.15) is 43.4 Å². The zero-order chi connectivity index (χ0) is 15.5. The Morgan fingerprint density at radius 3 is 2.86 bits per heavy atom. The van der Waals surface area contributed by atoms with Crippen LogP contribution in [-0.4, -0.2) is 31.3 Å². The summed E-state index contributed by atoms with van der Waals surface area (Å²) in [5, 5.41) is 11.1. The molecule has 118 valence electrons. The van der Waals surface area contributed by atoms with Crippen LogP contribution in [0.4, 0.5) is 5.82 Å². The van der Waals surface area contributed by atoms with Gasteiger partial charge >= 0.3 is 0 Å². The van der Waals surface area contributed by atoms with Crippen molar-refractivity contribution in [2.75, 3.05) is 11.9 Å². The molecule has 2 aromatic heterocycles. The van der Waals surface area contributed by atoms with Gasteiger partial charge in [-0.25, -0.2) is 15.0 Å². The molecule has 3 heterocycles. The van der Waals surface area contributed by atoms with Gasteiger partial charge in [0.2, 0.25) is 0 Å². The average Bonchev–Trinajstić information content (AvgIpc) is 2.92. The Bertz CT molecular complexity index is 635. The minimum absolute atomic E-state index is 0.0985. The Kier molecular flexibility index (Phi) is 4.33. The molecule has 2 N–H and O–H groups in total. The molecule has 1 aliphatic rings. The molecule has 2 aromatic rings. The molecule has 22 heavy (non-hydrogen) atoms. The van der Waals surface area contributed by atoms with Gasteiger partial charge in [-0.1, -0.05) is 13.8 Å². The average molecular weight is 301 g/mol. The molecule has 0 fully saturated rings. The lowest BCUT2D eigenvalue weighted by molar-refractivity contribution is 0.496. The fraction of sp³-hybridized carbons (Fsp3) is 0.600. The molecule has 7 nitrogen and oxygen atoms in total. The molecule has 3 rings (SSSR count). The normalized spacial score (nSPS) is 15.6. The summed E-state index contributed by atoms with van der Waals surface area (Å²) in [5.41, 5.74) is 2.31. The van der Waals surface area contributed by atoms with Crippen LogP contribution in [0, 0.1) is 5.92 Å². The number of aryl methyl sites for hydroxylation is 1. The Labute approximate surface area is 130 Å². The van der Waals surface area contributed by atoms with E-state index in [2.05, 4.69) is 44.5 Å². The lowest BCUT2D eigenvalue weighted by Gasteiger charge is -2.24. The van der Waals surface area contributed by atoms with E-state index in [9.17, 15) is 0 Å². The largest absolute Gasteiger partial charge is 0.360 e. The smallest absolute Gasteiger partial charge is 0.149 e. The molecular weight excluding hydrogens is 278 g/mol. The van der Waals surface area contributed by atoms with E-state index in [1.54, 1.807) is 12.7 Å². The molecule has 0 aliphatic carbocycles. The standard InChI is InChI=1S/C15H23N7/c1-10(2)6-12(15-19-9-20-22(15)3)21-14-11-4-5-16-7-13(11)17-8-18-14/h8-10,12,16H,4-7H2,1-3H3,(H,17,18,21). The first-order valence-corrected chi connectivity index (χ1v) is 7.79. The molecule has 1 unspecified atom stereocenters. The first-order valence-electron chi connectivity index (χ1n) is 7.79. The van der Waals surface area contributed by atoms with Gasteiger partial charge in [-0.15, -0.1) is 0 Å². The molecule has 0 saturated carbocycles. The number of aromatic nitrogens is 5. The summed E-state index contributed by atoms with van der Waals surface area (Å²) in [4.78, 5) is 13.3. The molecule has 0 aromatic carbocycles. The number of nitrogens with one attached hydrogen (secondary N) is 2. The van der Waals surface area contributed by atoms with E-state index >= 15 is 0 Å². The molecule has 0 saturated heterocycles. The van der Waals surface area contributed by atoms with Crippen LogP contribution in [0.25, 0.3) is 0 Å². The highest BCUT2D eigenvalue weighted by Crippen LogP contribution is 2.27. The van der Waals surface area contributed by atoms with Crippen molar-refractivity contribution in [3.63, 3.8) is 0 Å². The summed E-state index contributed by atoms with van der Waals surface area (Å²) in [6, 6.07) is 0.0985. The second kappa shape index (κ2) is 6.39. The maximum atomic E-state index is 4.47. The Morgan fingerprint density at radius 2 is 2.14 bits per heavy atom. The van der Waals surface area contributed by atoms with Crippen molar-refractivity contribution < 1.29 is 0 Å². The van der Waals surface area contributed by atoms with Crippen LogP contribution in [0.3, 0.4) is 0 Å². The summed E-state index contributed by atoms with van der Waals surface area (Å²) in [6.07, 6.45) is 5.16. The van der Waals surface area contributed by atoms with Crippen molar-refractivity contribution in [2.24, 2.45) is 13.0 Å². The van der Waals surface area contributed by atoms with Crippen molar-refractivity contribution in [1.82, 2.24) is 30.0 Å². The molecule has 0 radical (unpaired) electrons. The van der Waals surface area contributed by atoms with E-state index < -0.39 is 0 Å². The van der Waals surface area contributed by atoms with Crippen LogP contribution in [0.15, 0.2) is 12.7 Å². The minimum Gasteiger partial charge on any atom is -0.360 e. The fourth-order valence-corrected chi connectivity index (χ4v) is 2.89. The van der Waals surface area contributed by atoms with Gasteiger partial charge < -0.3 is 10.6 Å². The molecule has 7 heteroatoms. The van der Waals surface area contributed by atoms with E-state index in [4.69, 9.17) is 0 Å². The van der Waals surface area contributed by atoms with Crippen LogP contribution in [0.5, 0.6) is 0 Å². The predicted molar refractivity (Wildman–Crippen MR) is 84.3 cm³/mol. The third-order valence-electron chi connectivity index (χ3n) is 3.95. The van der Waals surface area contributed by atoms with Crippen molar-refractivity contribution in [2.45, 2.75) is 39.3 Å². The number of hydrogen-bond acceptors (Lipinski definition) is 6. The lowest BCUT2D eigenvalue weighted by Crippen LogP contribution is -2.27. The second-order valence-electron chi connectivity index (χ2n) is 6.14. The van der Waals surface area contributed by atoms with E-state index in [1.165, 1.54) is 5.56 Å². The first-order chi connectivity index (χ1) is 10.6. The summed E-state index contributed by atoms with van der Waals surface area (Å²) in [6.45, 7) is 6.20. The predicted octanol–water partition coefficient (Wildman–Crippen LogP) is 1.45. The quantitative estimate of drug-likeness (QED) is 0.870. The zero-order valence-corrected chi connectivity index (χ0v) is 13.4. The van der Waals surface area contributed by atoms with Gasteiger partial charge in [0.25, 0.3) is 0 Å². The maximum absolute atomic E-state index is 4.47. The summed E-state index contributed by atoms with van der Waals surface area (Å²) in [5.74, 6) is 2.42. The van der Waals surface area contributed by atoms with Crippen LogP contribution in [0.2, 0.25) is 0 Å². The zero-order valence-electron chi connectivity index (χ0n) is 13.4. The second-order valence-corrected chi connectivity index (χ2v) is 6.14. The Morgan fingerprint density at radius 1 is 1.27 bits per heavy atom. The molecule has 0 amide bonds. The lowest BCUT2D eigenvalue weighted by atomic mass is 10.0. The molecule has 0 bridgehead atoms. The first kappa shape index (κ1) is 14.9. The molecule has 1 aliphatic heterocycles. The van der Waals surface area contributed by atoms with Crippen molar-refractivity contribution in [1.29, 1.82) is 0 Å². The number of fused-ring (bicyclic) bond motifs is 1. The van der Waals surface area contributed by atoms with E-state index in [1.807, 2.05) is 11.7 Å². The van der Waals surface area contributed by atoms with Gasteiger partial charge in [0.1, 0.15) is 24.3 Å². The highest BCUT2D eigenvalue weighted by molar-refractivity contribution is 5.48. The molecular formula is C15H23N7. The number of hydrogen-bond donors (Lipinski definition) is 2. The Hall–Kier alpha value is -2.02. The van der Waals surface area contributed by atoms with E-state index in [0.29, 0.717) is 5.92 Å². The van der Waals surface area contributed by atoms with E-state index in [-0.39, 0.29) is 6.04 Å². The fourth-order valence-electron chi connectivity index (χ4n) is 2.89. The van der Waals surface area contributed by atoms with Gasteiger partial charge in [-0.2, -0.15) is 5.10 Å². The number of anilines is 1. The SMILES string of the molecule is CC(C)CC(Nc1ncnc2c1CCNC2)c1ncnn1C. The third-order valence-corrected chi connectivity index (χ3v) is 3.95. The minimum atomic E-state index is 0.0985. The van der Waals surface area contributed by atoms with Gasteiger partial charge in [-0.3, -0.25) is 4.68 Å². The van der Waals surface area contributed by atoms with Gasteiger partial charge in [0, 0.05) is 19.2 Å². The third kappa shape index (κ3) is 3.09. The molecule has 0 spiro atoms. The maximum Gasteiger partial charge on any atom is 0.149 e. The van der Waals surface area contributed by atoms with Crippen LogP contribution in [-0.2, 0) is 20.0 Å².